The first-order valence-electron chi connectivity index (χ1n) is 7.72. The lowest BCUT2D eigenvalue weighted by molar-refractivity contribution is -0.118. The van der Waals surface area contributed by atoms with Crippen LogP contribution in [0.5, 0.6) is 5.75 Å². The average molecular weight is 402 g/mol. The lowest BCUT2D eigenvalue weighted by atomic mass is 10.3. The number of carbonyl (C=O) groups excluding carboxylic acids is 1. The quantitative estimate of drug-likeness (QED) is 0.804. The highest BCUT2D eigenvalue weighted by molar-refractivity contribution is 7.13. The minimum atomic E-state index is -0.302. The first kappa shape index (κ1) is 18.4. The van der Waals surface area contributed by atoms with Crippen LogP contribution in [0.3, 0.4) is 0 Å². The van der Waals surface area contributed by atoms with Gasteiger partial charge < -0.3 is 9.47 Å². The van der Waals surface area contributed by atoms with Gasteiger partial charge in [-0.05, 0) is 12.1 Å². The van der Waals surface area contributed by atoms with E-state index in [1.807, 2.05) is 5.38 Å². The number of nitrogens with one attached hydrogen (secondary N) is 1. The van der Waals surface area contributed by atoms with E-state index in [-0.39, 0.29) is 12.5 Å². The van der Waals surface area contributed by atoms with E-state index in [1.54, 1.807) is 18.2 Å². The Balaban J connectivity index is 1.48. The molecule has 0 radical (unpaired) electrons. The van der Waals surface area contributed by atoms with Crippen LogP contribution in [0.4, 0.5) is 5.13 Å². The van der Waals surface area contributed by atoms with Gasteiger partial charge in [-0.15, -0.1) is 11.3 Å². The van der Waals surface area contributed by atoms with Gasteiger partial charge in [0, 0.05) is 36.1 Å². The van der Waals surface area contributed by atoms with E-state index in [1.165, 1.54) is 11.3 Å². The van der Waals surface area contributed by atoms with Gasteiger partial charge in [0.05, 0.1) is 23.9 Å². The van der Waals surface area contributed by atoms with Gasteiger partial charge in [0.25, 0.3) is 5.91 Å². The summed E-state index contributed by atoms with van der Waals surface area (Å²) in [6.45, 7) is 3.87. The third-order valence-corrected chi connectivity index (χ3v) is 4.89. The van der Waals surface area contributed by atoms with E-state index in [0.29, 0.717) is 20.9 Å². The Bertz CT molecular complexity index is 735. The van der Waals surface area contributed by atoms with Crippen molar-refractivity contribution < 1.29 is 14.3 Å². The number of morpholine rings is 1. The van der Waals surface area contributed by atoms with Crippen molar-refractivity contribution in [2.45, 2.75) is 6.54 Å². The van der Waals surface area contributed by atoms with E-state index in [2.05, 4.69) is 15.2 Å². The SMILES string of the molecule is O=C(COc1cc(Cl)ccc1Cl)Nc1nc(CN2CCOCC2)cs1. The molecule has 0 aliphatic carbocycles. The van der Waals surface area contributed by atoms with E-state index < -0.39 is 0 Å². The van der Waals surface area contributed by atoms with Gasteiger partial charge in [0.2, 0.25) is 0 Å². The summed E-state index contributed by atoms with van der Waals surface area (Å²) < 4.78 is 10.7. The summed E-state index contributed by atoms with van der Waals surface area (Å²) in [6, 6.07) is 4.85. The number of halogens is 2. The second-order valence-corrected chi connectivity index (χ2v) is 7.15. The zero-order valence-corrected chi connectivity index (χ0v) is 15.7. The molecule has 1 fully saturated rings. The lowest BCUT2D eigenvalue weighted by Crippen LogP contribution is -2.35. The van der Waals surface area contributed by atoms with Crippen LogP contribution in [0.2, 0.25) is 10.0 Å². The van der Waals surface area contributed by atoms with Crippen LogP contribution in [-0.2, 0) is 16.1 Å². The van der Waals surface area contributed by atoms with Gasteiger partial charge in [-0.3, -0.25) is 15.0 Å². The Labute approximate surface area is 159 Å². The number of ether oxygens (including phenoxy) is 2. The molecule has 6 nitrogen and oxygen atoms in total. The molecule has 0 unspecified atom stereocenters. The molecule has 0 spiro atoms. The molecule has 1 aliphatic rings. The number of benzene rings is 1. The van der Waals surface area contributed by atoms with E-state index in [0.717, 1.165) is 38.5 Å². The zero-order chi connectivity index (χ0) is 17.6. The van der Waals surface area contributed by atoms with E-state index in [9.17, 15) is 4.79 Å². The molecule has 2 heterocycles. The highest BCUT2D eigenvalue weighted by Crippen LogP contribution is 2.27. The molecular weight excluding hydrogens is 385 g/mol. The van der Waals surface area contributed by atoms with Crippen LogP contribution in [0, 0.1) is 0 Å². The van der Waals surface area contributed by atoms with Gasteiger partial charge >= 0.3 is 0 Å². The monoisotopic (exact) mass is 401 g/mol. The standard InChI is InChI=1S/C16H17Cl2N3O3S/c17-11-1-2-13(18)14(7-11)24-9-15(22)20-16-19-12(10-25-16)8-21-3-5-23-6-4-21/h1-2,7,10H,3-6,8-9H2,(H,19,20,22). The number of aromatic nitrogens is 1. The van der Waals surface area contributed by atoms with E-state index >= 15 is 0 Å². The molecule has 1 aromatic heterocycles. The summed E-state index contributed by atoms with van der Waals surface area (Å²) in [4.78, 5) is 18.7. The molecule has 0 saturated carbocycles. The minimum absolute atomic E-state index is 0.168. The predicted octanol–water partition coefficient (Wildman–Crippen LogP) is 3.30. The maximum absolute atomic E-state index is 12.0. The van der Waals surface area contributed by atoms with Crippen molar-refractivity contribution >= 4 is 45.6 Å². The summed E-state index contributed by atoms with van der Waals surface area (Å²) in [5.74, 6) is 0.0692. The molecule has 2 aromatic rings. The highest BCUT2D eigenvalue weighted by Gasteiger charge is 2.14. The lowest BCUT2D eigenvalue weighted by Gasteiger charge is -2.25. The van der Waals surface area contributed by atoms with Gasteiger partial charge in [0.15, 0.2) is 11.7 Å². The van der Waals surface area contributed by atoms with Crippen LogP contribution in [0.1, 0.15) is 5.69 Å². The van der Waals surface area contributed by atoms with Crippen LogP contribution >= 0.6 is 34.5 Å². The third-order valence-electron chi connectivity index (χ3n) is 3.54. The minimum Gasteiger partial charge on any atom is -0.482 e. The fourth-order valence-electron chi connectivity index (χ4n) is 2.31. The molecule has 134 valence electrons. The highest BCUT2D eigenvalue weighted by atomic mass is 35.5. The second kappa shape index (κ2) is 8.82. The number of thiazole rings is 1. The Morgan fingerprint density at radius 2 is 2.16 bits per heavy atom. The molecule has 0 atom stereocenters. The molecule has 1 N–H and O–H groups in total. The van der Waals surface area contributed by atoms with Crippen molar-refractivity contribution in [1.82, 2.24) is 9.88 Å². The number of amides is 1. The molecule has 9 heteroatoms. The largest absolute Gasteiger partial charge is 0.482 e. The zero-order valence-electron chi connectivity index (χ0n) is 13.3. The number of nitrogens with zero attached hydrogens (tertiary/aromatic N) is 2. The predicted molar refractivity (Wildman–Crippen MR) is 98.8 cm³/mol. The molecule has 1 aliphatic heterocycles. The van der Waals surface area contributed by atoms with Crippen molar-refractivity contribution in [3.8, 4) is 5.75 Å². The number of carbonyl (C=O) groups is 1. The maximum Gasteiger partial charge on any atom is 0.264 e. The third kappa shape index (κ3) is 5.55. The Hall–Kier alpha value is -1.38. The van der Waals surface area contributed by atoms with Gasteiger partial charge in [-0.25, -0.2) is 4.98 Å². The fourth-order valence-corrected chi connectivity index (χ4v) is 3.36. The van der Waals surface area contributed by atoms with Crippen LogP contribution < -0.4 is 10.1 Å². The molecule has 1 aromatic carbocycles. The molecule has 0 bridgehead atoms. The summed E-state index contributed by atoms with van der Waals surface area (Å²) in [5, 5.41) is 6.12. The maximum atomic E-state index is 12.0. The molecule has 1 saturated heterocycles. The first-order valence-corrected chi connectivity index (χ1v) is 9.36. The van der Waals surface area contributed by atoms with Crippen molar-refractivity contribution in [2.75, 3.05) is 38.2 Å². The van der Waals surface area contributed by atoms with Crippen LogP contribution in [-0.4, -0.2) is 48.7 Å². The number of anilines is 1. The van der Waals surface area contributed by atoms with Crippen molar-refractivity contribution in [1.29, 1.82) is 0 Å². The average Bonchev–Trinajstić information content (AvgIpc) is 3.03. The normalized spacial score (nSPS) is 15.1. The molecular formula is C16H17Cl2N3O3S. The van der Waals surface area contributed by atoms with Gasteiger partial charge in [-0.2, -0.15) is 0 Å². The van der Waals surface area contributed by atoms with Gasteiger partial charge in [0.1, 0.15) is 5.75 Å². The van der Waals surface area contributed by atoms with Gasteiger partial charge in [-0.1, -0.05) is 23.2 Å². The molecule has 25 heavy (non-hydrogen) atoms. The summed E-state index contributed by atoms with van der Waals surface area (Å²) in [7, 11) is 0. The van der Waals surface area contributed by atoms with E-state index in [4.69, 9.17) is 32.7 Å². The smallest absolute Gasteiger partial charge is 0.264 e. The number of hydrogen-bond donors (Lipinski definition) is 1. The van der Waals surface area contributed by atoms with Crippen molar-refractivity contribution in [3.63, 3.8) is 0 Å². The van der Waals surface area contributed by atoms with Crippen LogP contribution in [0.25, 0.3) is 0 Å². The Morgan fingerprint density at radius 3 is 2.96 bits per heavy atom. The summed E-state index contributed by atoms with van der Waals surface area (Å²) in [5.41, 5.74) is 0.931. The second-order valence-electron chi connectivity index (χ2n) is 5.44. The Kier molecular flexibility index (Phi) is 6.50. The van der Waals surface area contributed by atoms with Crippen molar-refractivity contribution in [3.05, 3.63) is 39.3 Å². The number of hydrogen-bond acceptors (Lipinski definition) is 6. The number of rotatable bonds is 6. The topological polar surface area (TPSA) is 63.7 Å². The fraction of sp³-hybridized carbons (Fsp3) is 0.375. The molecule has 3 rings (SSSR count). The summed E-state index contributed by atoms with van der Waals surface area (Å²) >= 11 is 13.3. The summed E-state index contributed by atoms with van der Waals surface area (Å²) in [6.07, 6.45) is 0. The van der Waals surface area contributed by atoms with Crippen LogP contribution in [0.15, 0.2) is 23.6 Å². The van der Waals surface area contributed by atoms with Crippen molar-refractivity contribution in [2.24, 2.45) is 0 Å². The molecule has 1 amide bonds. The first-order chi connectivity index (χ1) is 12.1. The Morgan fingerprint density at radius 1 is 1.36 bits per heavy atom.